The lowest BCUT2D eigenvalue weighted by Crippen LogP contribution is -2.05. The molecular weight excluding hydrogens is 232 g/mol. The topological polar surface area (TPSA) is 17.1 Å². The van der Waals surface area contributed by atoms with Crippen LogP contribution in [0.3, 0.4) is 0 Å². The molecule has 0 N–H and O–H groups in total. The zero-order valence-electron chi connectivity index (χ0n) is 9.61. The van der Waals surface area contributed by atoms with Gasteiger partial charge in [-0.25, -0.2) is 0 Å². The summed E-state index contributed by atoms with van der Waals surface area (Å²) in [5.74, 6) is 0.108. The van der Waals surface area contributed by atoms with E-state index in [9.17, 15) is 4.79 Å². The summed E-state index contributed by atoms with van der Waals surface area (Å²) < 4.78 is 0. The van der Waals surface area contributed by atoms with Crippen LogP contribution in [0.25, 0.3) is 0 Å². The van der Waals surface area contributed by atoms with Gasteiger partial charge >= 0.3 is 0 Å². The zero-order chi connectivity index (χ0) is 12.3. The first-order valence-electron chi connectivity index (χ1n) is 5.50. The van der Waals surface area contributed by atoms with Crippen molar-refractivity contribution in [3.63, 3.8) is 0 Å². The molecule has 0 saturated carbocycles. The fourth-order valence-electron chi connectivity index (χ4n) is 1.77. The molecule has 0 spiro atoms. The van der Waals surface area contributed by atoms with Crippen molar-refractivity contribution in [1.82, 2.24) is 0 Å². The van der Waals surface area contributed by atoms with Crippen LogP contribution in [-0.4, -0.2) is 5.78 Å². The van der Waals surface area contributed by atoms with E-state index >= 15 is 0 Å². The molecule has 0 aromatic heterocycles. The summed E-state index contributed by atoms with van der Waals surface area (Å²) in [6.07, 6.45) is 0.419. The fourth-order valence-corrected chi connectivity index (χ4v) is 1.94. The van der Waals surface area contributed by atoms with Gasteiger partial charge in [0.2, 0.25) is 0 Å². The summed E-state index contributed by atoms with van der Waals surface area (Å²) in [7, 11) is 0. The first kappa shape index (κ1) is 11.9. The Balaban J connectivity index is 2.23. The lowest BCUT2D eigenvalue weighted by molar-refractivity contribution is 0.0992. The minimum atomic E-state index is 0.108. The Kier molecular flexibility index (Phi) is 3.60. The second-order valence-corrected chi connectivity index (χ2v) is 4.48. The molecule has 0 bridgehead atoms. The van der Waals surface area contributed by atoms with E-state index in [1.54, 1.807) is 12.1 Å². The molecule has 86 valence electrons. The van der Waals surface area contributed by atoms with Crippen molar-refractivity contribution in [1.29, 1.82) is 0 Å². The molecule has 2 heteroatoms. The van der Waals surface area contributed by atoms with Crippen molar-refractivity contribution in [3.05, 3.63) is 70.2 Å². The summed E-state index contributed by atoms with van der Waals surface area (Å²) in [6.45, 7) is 1.93. The number of halogens is 1. The van der Waals surface area contributed by atoms with Crippen LogP contribution >= 0.6 is 11.6 Å². The van der Waals surface area contributed by atoms with Gasteiger partial charge in [-0.2, -0.15) is 0 Å². The molecule has 1 nitrogen and oxygen atoms in total. The molecule has 0 atom stereocenters. The van der Waals surface area contributed by atoms with Gasteiger partial charge in [-0.3, -0.25) is 4.79 Å². The van der Waals surface area contributed by atoms with Gasteiger partial charge in [-0.15, -0.1) is 0 Å². The molecule has 0 unspecified atom stereocenters. The third-order valence-corrected chi connectivity index (χ3v) is 2.94. The largest absolute Gasteiger partial charge is 0.294 e. The first-order valence-corrected chi connectivity index (χ1v) is 5.88. The van der Waals surface area contributed by atoms with E-state index in [0.29, 0.717) is 17.0 Å². The molecule has 0 saturated heterocycles. The molecule has 0 amide bonds. The SMILES string of the molecule is Cc1ccc(Cl)cc1C(=O)Cc1ccccc1. The predicted octanol–water partition coefficient (Wildman–Crippen LogP) is 4.07. The van der Waals surface area contributed by atoms with Crippen LogP contribution in [0.4, 0.5) is 0 Å². The zero-order valence-corrected chi connectivity index (χ0v) is 10.4. The highest BCUT2D eigenvalue weighted by Crippen LogP contribution is 2.17. The van der Waals surface area contributed by atoms with Crippen molar-refractivity contribution in [2.24, 2.45) is 0 Å². The van der Waals surface area contributed by atoms with Crippen LogP contribution < -0.4 is 0 Å². The van der Waals surface area contributed by atoms with Gasteiger partial charge < -0.3 is 0 Å². The van der Waals surface area contributed by atoms with Crippen molar-refractivity contribution in [2.45, 2.75) is 13.3 Å². The van der Waals surface area contributed by atoms with Crippen LogP contribution in [0, 0.1) is 6.92 Å². The highest BCUT2D eigenvalue weighted by molar-refractivity contribution is 6.31. The van der Waals surface area contributed by atoms with Crippen LogP contribution in [-0.2, 0) is 6.42 Å². The molecule has 0 aliphatic rings. The highest BCUT2D eigenvalue weighted by Gasteiger charge is 2.10. The number of hydrogen-bond donors (Lipinski definition) is 0. The van der Waals surface area contributed by atoms with Gasteiger partial charge in [0.15, 0.2) is 5.78 Å². The normalized spacial score (nSPS) is 10.2. The first-order chi connectivity index (χ1) is 8.16. The third-order valence-electron chi connectivity index (χ3n) is 2.71. The summed E-state index contributed by atoms with van der Waals surface area (Å²) >= 11 is 5.91. The van der Waals surface area contributed by atoms with Crippen molar-refractivity contribution < 1.29 is 4.79 Å². The monoisotopic (exact) mass is 244 g/mol. The van der Waals surface area contributed by atoms with Crippen molar-refractivity contribution >= 4 is 17.4 Å². The van der Waals surface area contributed by atoms with Gasteiger partial charge in [0.25, 0.3) is 0 Å². The van der Waals surface area contributed by atoms with Crippen LogP contribution in [0.1, 0.15) is 21.5 Å². The lowest BCUT2D eigenvalue weighted by atomic mass is 9.99. The Labute approximate surface area is 106 Å². The number of carbonyl (C=O) groups is 1. The summed E-state index contributed by atoms with van der Waals surface area (Å²) in [5, 5.41) is 0.604. The number of carbonyl (C=O) groups excluding carboxylic acids is 1. The maximum absolute atomic E-state index is 12.1. The number of aryl methyl sites for hydroxylation is 1. The molecule has 0 heterocycles. The minimum Gasteiger partial charge on any atom is -0.294 e. The van der Waals surface area contributed by atoms with Crippen LogP contribution in [0.15, 0.2) is 48.5 Å². The number of ketones is 1. The van der Waals surface area contributed by atoms with E-state index in [-0.39, 0.29) is 5.78 Å². The molecule has 2 rings (SSSR count). The molecule has 0 aliphatic carbocycles. The van der Waals surface area contributed by atoms with Crippen molar-refractivity contribution in [3.8, 4) is 0 Å². The summed E-state index contributed by atoms with van der Waals surface area (Å²) in [5.41, 5.74) is 2.70. The quantitative estimate of drug-likeness (QED) is 0.744. The second-order valence-electron chi connectivity index (χ2n) is 4.04. The van der Waals surface area contributed by atoms with E-state index in [4.69, 9.17) is 11.6 Å². The number of hydrogen-bond acceptors (Lipinski definition) is 1. The van der Waals surface area contributed by atoms with Gasteiger partial charge in [-0.1, -0.05) is 48.0 Å². The minimum absolute atomic E-state index is 0.108. The van der Waals surface area contributed by atoms with E-state index in [2.05, 4.69) is 0 Å². The molecule has 2 aromatic carbocycles. The lowest BCUT2D eigenvalue weighted by Gasteiger charge is -2.05. The van der Waals surface area contributed by atoms with Gasteiger partial charge in [0.05, 0.1) is 0 Å². The Morgan fingerprint density at radius 1 is 1.12 bits per heavy atom. The number of Topliss-reactive ketones (excluding diaryl/α,β-unsaturated/α-hetero) is 1. The molecule has 0 radical (unpaired) electrons. The van der Waals surface area contributed by atoms with Gasteiger partial charge in [0.1, 0.15) is 0 Å². The Morgan fingerprint density at radius 2 is 1.82 bits per heavy atom. The average Bonchev–Trinajstić information content (AvgIpc) is 2.33. The second kappa shape index (κ2) is 5.15. The van der Waals surface area contributed by atoms with Crippen LogP contribution in [0.2, 0.25) is 5.02 Å². The molecule has 17 heavy (non-hydrogen) atoms. The fraction of sp³-hybridized carbons (Fsp3) is 0.133. The standard InChI is InChI=1S/C15H13ClO/c1-11-7-8-13(16)10-14(11)15(17)9-12-5-3-2-4-6-12/h2-8,10H,9H2,1H3. The number of rotatable bonds is 3. The Hall–Kier alpha value is -1.60. The summed E-state index contributed by atoms with van der Waals surface area (Å²) in [6, 6.07) is 15.1. The third kappa shape index (κ3) is 2.95. The molecule has 2 aromatic rings. The van der Waals surface area contributed by atoms with Crippen LogP contribution in [0.5, 0.6) is 0 Å². The van der Waals surface area contributed by atoms with E-state index < -0.39 is 0 Å². The molecule has 0 aliphatic heterocycles. The maximum atomic E-state index is 12.1. The molecular formula is C15H13ClO. The van der Waals surface area contributed by atoms with Crippen molar-refractivity contribution in [2.75, 3.05) is 0 Å². The van der Waals surface area contributed by atoms with Gasteiger partial charge in [0, 0.05) is 17.0 Å². The highest BCUT2D eigenvalue weighted by atomic mass is 35.5. The van der Waals surface area contributed by atoms with E-state index in [0.717, 1.165) is 11.1 Å². The Bertz CT molecular complexity index is 532. The summed E-state index contributed by atoms with van der Waals surface area (Å²) in [4.78, 5) is 12.1. The van der Waals surface area contributed by atoms with E-state index in [1.165, 1.54) is 0 Å². The molecule has 0 fully saturated rings. The predicted molar refractivity (Wildman–Crippen MR) is 70.7 cm³/mol. The Morgan fingerprint density at radius 3 is 2.53 bits per heavy atom. The van der Waals surface area contributed by atoms with Gasteiger partial charge in [-0.05, 0) is 30.2 Å². The average molecular weight is 245 g/mol. The smallest absolute Gasteiger partial charge is 0.167 e. The van der Waals surface area contributed by atoms with E-state index in [1.807, 2.05) is 43.3 Å². The number of benzene rings is 2. The maximum Gasteiger partial charge on any atom is 0.167 e.